The molecule has 0 spiro atoms. The lowest BCUT2D eigenvalue weighted by Crippen LogP contribution is -1.91. The van der Waals surface area contributed by atoms with E-state index >= 15 is 0 Å². The number of nitrogens with zero attached hydrogens (tertiary/aromatic N) is 2. The minimum atomic E-state index is -0.391. The van der Waals surface area contributed by atoms with Crippen LogP contribution in [0, 0.1) is 10.1 Å². The molecular formula is C10H8N2O2S. The first-order valence-electron chi connectivity index (χ1n) is 4.38. The molecule has 0 saturated heterocycles. The molecule has 0 amide bonds. The Morgan fingerprint density at radius 2 is 2.13 bits per heavy atom. The second-order valence-corrected chi connectivity index (χ2v) is 4.07. The minimum Gasteiger partial charge on any atom is -0.280 e. The maximum atomic E-state index is 10.4. The van der Waals surface area contributed by atoms with Crippen LogP contribution >= 0.6 is 11.3 Å². The molecule has 5 heteroatoms. The van der Waals surface area contributed by atoms with Gasteiger partial charge in [0.15, 0.2) is 0 Å². The average Bonchev–Trinajstić information content (AvgIpc) is 2.86. The minimum absolute atomic E-state index is 0.0751. The average molecular weight is 220 g/mol. The SMILES string of the molecule is O=[N+]([O-])c1ccc(C=NC2C=CC=C2)s1. The van der Waals surface area contributed by atoms with Crippen molar-refractivity contribution in [1.82, 2.24) is 0 Å². The highest BCUT2D eigenvalue weighted by atomic mass is 32.1. The van der Waals surface area contributed by atoms with Gasteiger partial charge in [-0.25, -0.2) is 0 Å². The van der Waals surface area contributed by atoms with Gasteiger partial charge in [-0.05, 0) is 6.07 Å². The van der Waals surface area contributed by atoms with Gasteiger partial charge in [0, 0.05) is 12.3 Å². The molecule has 0 N–H and O–H groups in total. The van der Waals surface area contributed by atoms with Gasteiger partial charge in [0.1, 0.15) is 0 Å². The highest BCUT2D eigenvalue weighted by Gasteiger charge is 2.08. The van der Waals surface area contributed by atoms with E-state index in [0.717, 1.165) is 16.2 Å². The van der Waals surface area contributed by atoms with Crippen LogP contribution in [0.2, 0.25) is 0 Å². The van der Waals surface area contributed by atoms with Gasteiger partial charge in [-0.15, -0.1) is 0 Å². The van der Waals surface area contributed by atoms with Crippen molar-refractivity contribution in [3.05, 3.63) is 51.4 Å². The molecule has 15 heavy (non-hydrogen) atoms. The van der Waals surface area contributed by atoms with Gasteiger partial charge in [-0.2, -0.15) is 0 Å². The molecule has 1 heterocycles. The molecule has 0 saturated carbocycles. The highest BCUT2D eigenvalue weighted by Crippen LogP contribution is 2.22. The first-order valence-corrected chi connectivity index (χ1v) is 5.20. The maximum absolute atomic E-state index is 10.4. The van der Waals surface area contributed by atoms with Gasteiger partial charge < -0.3 is 0 Å². The van der Waals surface area contributed by atoms with Crippen molar-refractivity contribution in [2.45, 2.75) is 6.04 Å². The Morgan fingerprint density at radius 3 is 2.73 bits per heavy atom. The number of allylic oxidation sites excluding steroid dienone is 2. The normalized spacial score (nSPS) is 15.5. The van der Waals surface area contributed by atoms with Crippen LogP contribution in [0.5, 0.6) is 0 Å². The van der Waals surface area contributed by atoms with Crippen LogP contribution in [0.1, 0.15) is 4.88 Å². The smallest absolute Gasteiger partial charge is 0.280 e. The highest BCUT2D eigenvalue weighted by molar-refractivity contribution is 7.16. The van der Waals surface area contributed by atoms with Crippen molar-refractivity contribution in [2.75, 3.05) is 0 Å². The van der Waals surface area contributed by atoms with Crippen LogP contribution in [-0.4, -0.2) is 17.2 Å². The van der Waals surface area contributed by atoms with Gasteiger partial charge in [0.2, 0.25) is 0 Å². The van der Waals surface area contributed by atoms with E-state index in [-0.39, 0.29) is 11.0 Å². The number of rotatable bonds is 3. The van der Waals surface area contributed by atoms with Gasteiger partial charge in [0.25, 0.3) is 0 Å². The summed E-state index contributed by atoms with van der Waals surface area (Å²) in [5.74, 6) is 0. The van der Waals surface area contributed by atoms with Crippen molar-refractivity contribution in [3.8, 4) is 0 Å². The molecule has 0 aromatic carbocycles. The van der Waals surface area contributed by atoms with Crippen LogP contribution in [0.25, 0.3) is 0 Å². The van der Waals surface area contributed by atoms with E-state index < -0.39 is 4.92 Å². The molecule has 0 radical (unpaired) electrons. The summed E-state index contributed by atoms with van der Waals surface area (Å²) >= 11 is 1.13. The first-order chi connectivity index (χ1) is 7.25. The Bertz CT molecular complexity index is 448. The van der Waals surface area contributed by atoms with E-state index in [9.17, 15) is 10.1 Å². The van der Waals surface area contributed by atoms with Crippen molar-refractivity contribution < 1.29 is 4.92 Å². The lowest BCUT2D eigenvalue weighted by Gasteiger charge is -1.93. The topological polar surface area (TPSA) is 55.5 Å². The summed E-state index contributed by atoms with van der Waals surface area (Å²) in [5.41, 5.74) is 0. The summed E-state index contributed by atoms with van der Waals surface area (Å²) in [6.07, 6.45) is 9.44. The molecule has 0 atom stereocenters. The van der Waals surface area contributed by atoms with E-state index in [1.165, 1.54) is 6.07 Å². The second-order valence-electron chi connectivity index (χ2n) is 2.97. The molecular weight excluding hydrogens is 212 g/mol. The number of thiophene rings is 1. The van der Waals surface area contributed by atoms with Crippen molar-refractivity contribution >= 4 is 22.6 Å². The van der Waals surface area contributed by atoms with Gasteiger partial charge in [-0.1, -0.05) is 35.6 Å². The molecule has 1 aliphatic carbocycles. The van der Waals surface area contributed by atoms with Gasteiger partial charge in [-0.3, -0.25) is 15.1 Å². The van der Waals surface area contributed by atoms with E-state index in [1.807, 2.05) is 24.3 Å². The van der Waals surface area contributed by atoms with E-state index in [2.05, 4.69) is 4.99 Å². The number of nitro groups is 1. The largest absolute Gasteiger partial charge is 0.324 e. The van der Waals surface area contributed by atoms with E-state index in [0.29, 0.717) is 0 Å². The third-order valence-corrected chi connectivity index (χ3v) is 2.87. The fraction of sp³-hybridized carbons (Fsp3) is 0.100. The summed E-state index contributed by atoms with van der Waals surface area (Å²) in [7, 11) is 0. The number of hydrogen-bond acceptors (Lipinski definition) is 4. The van der Waals surface area contributed by atoms with Crippen molar-refractivity contribution in [3.63, 3.8) is 0 Å². The number of aliphatic imine (C=N–C) groups is 1. The third-order valence-electron chi connectivity index (χ3n) is 1.89. The van der Waals surface area contributed by atoms with Crippen LogP contribution in [0.3, 0.4) is 0 Å². The Hall–Kier alpha value is -1.75. The molecule has 0 aliphatic heterocycles. The van der Waals surface area contributed by atoms with E-state index in [1.54, 1.807) is 12.3 Å². The van der Waals surface area contributed by atoms with Crippen LogP contribution in [0.15, 0.2) is 41.4 Å². The summed E-state index contributed by atoms with van der Waals surface area (Å²) in [6, 6.07) is 3.27. The lowest BCUT2D eigenvalue weighted by molar-refractivity contribution is -0.380. The van der Waals surface area contributed by atoms with Crippen LogP contribution in [0.4, 0.5) is 5.00 Å². The summed E-state index contributed by atoms with van der Waals surface area (Å²) in [4.78, 5) is 15.1. The first kappa shape index (κ1) is 9.79. The predicted octanol–water partition coefficient (Wildman–Crippen LogP) is 2.57. The molecule has 0 bridgehead atoms. The standard InChI is InChI=1S/C10H8N2O2S/c13-12(14)10-6-5-9(15-10)7-11-8-3-1-2-4-8/h1-8H. The summed E-state index contributed by atoms with van der Waals surface area (Å²) in [6.45, 7) is 0. The second kappa shape index (κ2) is 4.18. The van der Waals surface area contributed by atoms with Gasteiger partial charge in [0.05, 0.1) is 15.8 Å². The maximum Gasteiger partial charge on any atom is 0.324 e. The molecule has 76 valence electrons. The third kappa shape index (κ3) is 2.38. The molecule has 2 rings (SSSR count). The summed E-state index contributed by atoms with van der Waals surface area (Å²) in [5, 5.41) is 10.6. The van der Waals surface area contributed by atoms with Crippen molar-refractivity contribution in [1.29, 1.82) is 0 Å². The van der Waals surface area contributed by atoms with Crippen LogP contribution in [-0.2, 0) is 0 Å². The molecule has 1 aromatic heterocycles. The van der Waals surface area contributed by atoms with Crippen molar-refractivity contribution in [2.24, 2.45) is 4.99 Å². The Balaban J connectivity index is 2.07. The fourth-order valence-electron chi connectivity index (χ4n) is 1.19. The van der Waals surface area contributed by atoms with E-state index in [4.69, 9.17) is 0 Å². The Labute approximate surface area is 90.4 Å². The molecule has 4 nitrogen and oxygen atoms in total. The zero-order valence-corrected chi connectivity index (χ0v) is 8.55. The quantitative estimate of drug-likeness (QED) is 0.446. The molecule has 0 fully saturated rings. The molecule has 0 unspecified atom stereocenters. The van der Waals surface area contributed by atoms with Crippen LogP contribution < -0.4 is 0 Å². The summed E-state index contributed by atoms with van der Waals surface area (Å²) < 4.78 is 0. The molecule has 1 aliphatic rings. The Morgan fingerprint density at radius 1 is 1.40 bits per heavy atom. The Kier molecular flexibility index (Phi) is 2.73. The lowest BCUT2D eigenvalue weighted by atomic mass is 10.3. The zero-order valence-electron chi connectivity index (χ0n) is 7.74. The fourth-order valence-corrected chi connectivity index (χ4v) is 1.89. The zero-order chi connectivity index (χ0) is 10.7. The predicted molar refractivity (Wildman–Crippen MR) is 60.6 cm³/mol. The monoisotopic (exact) mass is 220 g/mol. The molecule has 1 aromatic rings. The number of hydrogen-bond donors (Lipinski definition) is 0. The van der Waals surface area contributed by atoms with Gasteiger partial charge >= 0.3 is 5.00 Å².